The Bertz CT molecular complexity index is 1670. The van der Waals surface area contributed by atoms with E-state index in [-0.39, 0.29) is 11.2 Å². The summed E-state index contributed by atoms with van der Waals surface area (Å²) in [5.74, 6) is 1.01. The number of nitro groups is 1. The molecule has 0 bridgehead atoms. The number of aryl methyl sites for hydroxylation is 2. The Morgan fingerprint density at radius 1 is 1.00 bits per heavy atom. The van der Waals surface area contributed by atoms with Crippen molar-refractivity contribution in [2.75, 3.05) is 0 Å². The van der Waals surface area contributed by atoms with Crippen LogP contribution in [0.1, 0.15) is 31.7 Å². The molecule has 9 heteroatoms. The molecule has 0 unspecified atom stereocenters. The summed E-state index contributed by atoms with van der Waals surface area (Å²) < 4.78 is 3.39. The predicted molar refractivity (Wildman–Crippen MR) is 132 cm³/mol. The van der Waals surface area contributed by atoms with E-state index < -0.39 is 4.92 Å². The third-order valence-corrected chi connectivity index (χ3v) is 6.13. The first kappa shape index (κ1) is 21.7. The molecule has 3 heterocycles. The molecule has 0 saturated heterocycles. The van der Waals surface area contributed by atoms with E-state index in [2.05, 4.69) is 13.8 Å². The second-order valence-electron chi connectivity index (χ2n) is 8.94. The maximum atomic E-state index is 13.7. The van der Waals surface area contributed by atoms with Crippen molar-refractivity contribution in [2.24, 2.45) is 5.92 Å². The highest BCUT2D eigenvalue weighted by atomic mass is 16.6. The Morgan fingerprint density at radius 2 is 1.71 bits per heavy atom. The molecule has 0 amide bonds. The van der Waals surface area contributed by atoms with Crippen molar-refractivity contribution in [1.82, 2.24) is 24.1 Å². The second kappa shape index (κ2) is 8.02. The third-order valence-electron chi connectivity index (χ3n) is 6.13. The van der Waals surface area contributed by atoms with Gasteiger partial charge >= 0.3 is 0 Å². The van der Waals surface area contributed by atoms with Crippen LogP contribution in [0.25, 0.3) is 38.9 Å². The van der Waals surface area contributed by atoms with Gasteiger partial charge in [-0.2, -0.15) is 0 Å². The standard InChI is InChI=1S/C25H24N6O3/c1-14(2)11-12-29-16(4)26-23-21(25(29)32)22-24(28-19-8-6-5-7-18(19)27-22)30(23)17-10-9-15(3)20(13-17)31(33)34/h5-10,13-14H,11-12H2,1-4H3. The van der Waals surface area contributed by atoms with Crippen LogP contribution in [0.5, 0.6) is 0 Å². The van der Waals surface area contributed by atoms with E-state index in [1.807, 2.05) is 24.3 Å². The summed E-state index contributed by atoms with van der Waals surface area (Å²) in [4.78, 5) is 39.3. The zero-order chi connectivity index (χ0) is 24.1. The topological polar surface area (TPSA) is 109 Å². The van der Waals surface area contributed by atoms with Gasteiger partial charge < -0.3 is 0 Å². The lowest BCUT2D eigenvalue weighted by Crippen LogP contribution is -2.24. The van der Waals surface area contributed by atoms with E-state index in [1.165, 1.54) is 6.07 Å². The van der Waals surface area contributed by atoms with E-state index in [1.54, 1.807) is 35.1 Å². The number of hydrogen-bond donors (Lipinski definition) is 0. The minimum absolute atomic E-state index is 0.0109. The average Bonchev–Trinajstić information content (AvgIpc) is 3.10. The van der Waals surface area contributed by atoms with Crippen molar-refractivity contribution in [1.29, 1.82) is 0 Å². The van der Waals surface area contributed by atoms with E-state index >= 15 is 0 Å². The van der Waals surface area contributed by atoms with Gasteiger partial charge in [-0.25, -0.2) is 15.0 Å². The van der Waals surface area contributed by atoms with Gasteiger partial charge in [0.1, 0.15) is 16.7 Å². The molecule has 172 valence electrons. The lowest BCUT2D eigenvalue weighted by atomic mass is 10.1. The average molecular weight is 457 g/mol. The molecular weight excluding hydrogens is 432 g/mol. The number of aromatic nitrogens is 5. The molecule has 0 radical (unpaired) electrons. The lowest BCUT2D eigenvalue weighted by molar-refractivity contribution is -0.385. The first-order valence-corrected chi connectivity index (χ1v) is 11.2. The van der Waals surface area contributed by atoms with E-state index in [4.69, 9.17) is 15.0 Å². The Morgan fingerprint density at radius 3 is 2.38 bits per heavy atom. The zero-order valence-corrected chi connectivity index (χ0v) is 19.4. The fourth-order valence-corrected chi connectivity index (χ4v) is 4.26. The lowest BCUT2D eigenvalue weighted by Gasteiger charge is -2.12. The molecule has 0 fully saturated rings. The SMILES string of the molecule is Cc1ccc(-n2c3nc4ccccc4nc3c3c(=O)n(CCC(C)C)c(C)nc32)cc1[N+](=O)[O-]. The van der Waals surface area contributed by atoms with E-state index in [0.29, 0.717) is 62.8 Å². The minimum Gasteiger partial charge on any atom is -0.296 e. The van der Waals surface area contributed by atoms with Gasteiger partial charge in [-0.3, -0.25) is 24.0 Å². The molecule has 0 saturated carbocycles. The van der Waals surface area contributed by atoms with Crippen LogP contribution < -0.4 is 5.56 Å². The van der Waals surface area contributed by atoms with E-state index in [9.17, 15) is 14.9 Å². The maximum Gasteiger partial charge on any atom is 0.274 e. The van der Waals surface area contributed by atoms with Crippen molar-refractivity contribution in [3.05, 3.63) is 74.3 Å². The number of nitro benzene ring substituents is 1. The smallest absolute Gasteiger partial charge is 0.274 e. The summed E-state index contributed by atoms with van der Waals surface area (Å²) in [6, 6.07) is 12.4. The van der Waals surface area contributed by atoms with Gasteiger partial charge in [-0.05, 0) is 44.4 Å². The highest BCUT2D eigenvalue weighted by Crippen LogP contribution is 2.31. The summed E-state index contributed by atoms with van der Waals surface area (Å²) in [5, 5.41) is 12.0. The fourth-order valence-electron chi connectivity index (χ4n) is 4.26. The first-order chi connectivity index (χ1) is 16.3. The Kier molecular flexibility index (Phi) is 5.11. The number of nitrogens with zero attached hydrogens (tertiary/aromatic N) is 6. The molecule has 3 aromatic heterocycles. The Balaban J connectivity index is 1.93. The summed E-state index contributed by atoms with van der Waals surface area (Å²) in [6.07, 6.45) is 0.839. The maximum absolute atomic E-state index is 13.7. The molecule has 0 N–H and O–H groups in total. The summed E-state index contributed by atoms with van der Waals surface area (Å²) >= 11 is 0. The van der Waals surface area contributed by atoms with Gasteiger partial charge in [-0.15, -0.1) is 0 Å². The Hall–Kier alpha value is -4.14. The molecule has 2 aromatic carbocycles. The van der Waals surface area contributed by atoms with Crippen molar-refractivity contribution in [2.45, 2.75) is 40.7 Å². The monoisotopic (exact) mass is 456 g/mol. The van der Waals surface area contributed by atoms with Gasteiger partial charge in [0.05, 0.1) is 21.6 Å². The molecule has 0 spiro atoms. The first-order valence-electron chi connectivity index (χ1n) is 11.2. The highest BCUT2D eigenvalue weighted by Gasteiger charge is 2.23. The number of benzene rings is 2. The summed E-state index contributed by atoms with van der Waals surface area (Å²) in [5.41, 5.74) is 3.47. The van der Waals surface area contributed by atoms with Crippen LogP contribution in [0.3, 0.4) is 0 Å². The highest BCUT2D eigenvalue weighted by molar-refractivity contribution is 6.05. The number of rotatable bonds is 5. The Labute approximate surface area is 194 Å². The quantitative estimate of drug-likeness (QED) is 0.276. The van der Waals surface area contributed by atoms with Crippen molar-refractivity contribution >= 4 is 38.9 Å². The molecule has 0 aliphatic heterocycles. The van der Waals surface area contributed by atoms with Crippen LogP contribution in [0, 0.1) is 29.9 Å². The third kappa shape index (κ3) is 3.40. The van der Waals surface area contributed by atoms with Crippen LogP contribution in [0.4, 0.5) is 5.69 Å². The predicted octanol–water partition coefficient (Wildman–Crippen LogP) is 4.85. The summed E-state index contributed by atoms with van der Waals surface area (Å²) in [6.45, 7) is 8.27. The zero-order valence-electron chi connectivity index (χ0n) is 19.4. The van der Waals surface area contributed by atoms with E-state index in [0.717, 1.165) is 6.42 Å². The number of para-hydroxylation sites is 2. The van der Waals surface area contributed by atoms with Gasteiger partial charge in [0, 0.05) is 18.2 Å². The van der Waals surface area contributed by atoms with Crippen LogP contribution in [-0.4, -0.2) is 29.0 Å². The molecule has 0 aliphatic rings. The molecular formula is C25H24N6O3. The van der Waals surface area contributed by atoms with Gasteiger partial charge in [0.25, 0.3) is 11.2 Å². The van der Waals surface area contributed by atoms with Crippen molar-refractivity contribution < 1.29 is 4.92 Å². The summed E-state index contributed by atoms with van der Waals surface area (Å²) in [7, 11) is 0. The molecule has 5 rings (SSSR count). The van der Waals surface area contributed by atoms with Gasteiger partial charge in [-0.1, -0.05) is 32.0 Å². The number of hydrogen-bond acceptors (Lipinski definition) is 6. The molecule has 5 aromatic rings. The van der Waals surface area contributed by atoms with Crippen LogP contribution in [0.15, 0.2) is 47.3 Å². The molecule has 34 heavy (non-hydrogen) atoms. The van der Waals surface area contributed by atoms with Crippen LogP contribution in [0.2, 0.25) is 0 Å². The van der Waals surface area contributed by atoms with Gasteiger partial charge in [0.15, 0.2) is 11.3 Å². The second-order valence-corrected chi connectivity index (χ2v) is 8.94. The molecule has 9 nitrogen and oxygen atoms in total. The largest absolute Gasteiger partial charge is 0.296 e. The molecule has 0 atom stereocenters. The van der Waals surface area contributed by atoms with Crippen LogP contribution in [-0.2, 0) is 6.54 Å². The van der Waals surface area contributed by atoms with Crippen molar-refractivity contribution in [3.8, 4) is 5.69 Å². The molecule has 0 aliphatic carbocycles. The number of fused-ring (bicyclic) bond motifs is 4. The fraction of sp³-hybridized carbons (Fsp3) is 0.280. The minimum atomic E-state index is -0.411. The normalized spacial score (nSPS) is 11.8. The van der Waals surface area contributed by atoms with Crippen LogP contribution >= 0.6 is 0 Å². The van der Waals surface area contributed by atoms with Gasteiger partial charge in [0.2, 0.25) is 0 Å². The van der Waals surface area contributed by atoms with Crippen molar-refractivity contribution in [3.63, 3.8) is 0 Å².